The van der Waals surface area contributed by atoms with Crippen molar-refractivity contribution in [3.8, 4) is 11.5 Å². The molecule has 2 aliphatic heterocycles. The third kappa shape index (κ3) is 8.21. The zero-order valence-electron chi connectivity index (χ0n) is 24.3. The van der Waals surface area contributed by atoms with E-state index in [1.54, 1.807) is 0 Å². The highest BCUT2D eigenvalue weighted by Crippen LogP contribution is 2.40. The topological polar surface area (TPSA) is 79.9 Å². The summed E-state index contributed by atoms with van der Waals surface area (Å²) < 4.78 is 12.4. The number of hydrogen-bond donors (Lipinski definition) is 2. The summed E-state index contributed by atoms with van der Waals surface area (Å²) in [6.07, 6.45) is 4.69. The predicted molar refractivity (Wildman–Crippen MR) is 154 cm³/mol. The number of rotatable bonds is 5. The molecule has 2 heterocycles. The van der Waals surface area contributed by atoms with Gasteiger partial charge in [-0.3, -0.25) is 14.5 Å². The van der Waals surface area contributed by atoms with Crippen molar-refractivity contribution in [2.24, 2.45) is 0 Å². The van der Waals surface area contributed by atoms with Crippen LogP contribution in [0.2, 0.25) is 0 Å². The minimum Gasteiger partial charge on any atom is -0.493 e. The highest BCUT2D eigenvalue weighted by atomic mass is 16.5. The second-order valence-corrected chi connectivity index (χ2v) is 11.9. The average Bonchev–Trinajstić information content (AvgIpc) is 2.87. The zero-order chi connectivity index (χ0) is 28.0. The van der Waals surface area contributed by atoms with Crippen LogP contribution in [0.25, 0.3) is 0 Å². The van der Waals surface area contributed by atoms with E-state index in [-0.39, 0.29) is 29.5 Å². The Balaban J connectivity index is 1.45. The number of aryl methyl sites for hydroxylation is 2. The Morgan fingerprint density at radius 1 is 1.10 bits per heavy atom. The molecule has 7 heteroatoms. The molecule has 0 saturated carbocycles. The molecule has 0 spiro atoms. The number of hydrogen-bond acceptors (Lipinski definition) is 5. The maximum absolute atomic E-state index is 13.1. The van der Waals surface area contributed by atoms with E-state index in [9.17, 15) is 9.59 Å². The molecule has 7 nitrogen and oxygen atoms in total. The predicted octanol–water partition coefficient (Wildman–Crippen LogP) is 5.24. The van der Waals surface area contributed by atoms with Crippen molar-refractivity contribution in [3.05, 3.63) is 58.7 Å². The van der Waals surface area contributed by atoms with Gasteiger partial charge in [0.1, 0.15) is 17.1 Å². The number of nitrogens with zero attached hydrogens (tertiary/aromatic N) is 1. The lowest BCUT2D eigenvalue weighted by molar-refractivity contribution is -0.123. The summed E-state index contributed by atoms with van der Waals surface area (Å²) in [6, 6.07) is 12.6. The lowest BCUT2D eigenvalue weighted by atomic mass is 9.89. The number of nitrogens with one attached hydrogen (secondary N) is 2. The summed E-state index contributed by atoms with van der Waals surface area (Å²) in [6.45, 7) is 12.7. The van der Waals surface area contributed by atoms with Crippen LogP contribution >= 0.6 is 0 Å². The van der Waals surface area contributed by atoms with Crippen molar-refractivity contribution in [2.75, 3.05) is 19.7 Å². The molecule has 0 radical (unpaired) electrons. The molecule has 0 bridgehead atoms. The summed E-state index contributed by atoms with van der Waals surface area (Å²) in [4.78, 5) is 27.8. The van der Waals surface area contributed by atoms with Gasteiger partial charge >= 0.3 is 0 Å². The highest BCUT2D eigenvalue weighted by molar-refractivity contribution is 5.78. The maximum Gasteiger partial charge on any atom is 0.234 e. The summed E-state index contributed by atoms with van der Waals surface area (Å²) in [5, 5.41) is 6.31. The number of carbonyl (C=O) groups excluding carboxylic acids is 2. The van der Waals surface area contributed by atoms with E-state index in [1.165, 1.54) is 0 Å². The van der Waals surface area contributed by atoms with Crippen LogP contribution in [0.1, 0.15) is 88.1 Å². The van der Waals surface area contributed by atoms with E-state index in [0.29, 0.717) is 39.1 Å². The molecule has 2 amide bonds. The van der Waals surface area contributed by atoms with Crippen LogP contribution in [0, 0.1) is 6.92 Å². The molecule has 1 atom stereocenters. The monoisotopic (exact) mass is 535 g/mol. The molecule has 0 aliphatic carbocycles. The number of fused-ring (bicyclic) bond motifs is 2. The van der Waals surface area contributed by atoms with Crippen LogP contribution in [0.4, 0.5) is 0 Å². The molecule has 1 unspecified atom stereocenters. The summed E-state index contributed by atoms with van der Waals surface area (Å²) >= 11 is 0. The fourth-order valence-corrected chi connectivity index (χ4v) is 5.36. The zero-order valence-corrected chi connectivity index (χ0v) is 24.3. The lowest BCUT2D eigenvalue weighted by Crippen LogP contribution is -2.41. The van der Waals surface area contributed by atoms with E-state index < -0.39 is 0 Å². The Labute approximate surface area is 233 Å². The van der Waals surface area contributed by atoms with Crippen molar-refractivity contribution in [1.29, 1.82) is 0 Å². The molecule has 4 rings (SSSR count). The summed E-state index contributed by atoms with van der Waals surface area (Å²) in [5.41, 5.74) is 3.99. The molecule has 0 fully saturated rings. The Morgan fingerprint density at radius 3 is 2.72 bits per heavy atom. The van der Waals surface area contributed by atoms with Crippen molar-refractivity contribution in [1.82, 2.24) is 15.5 Å². The van der Waals surface area contributed by atoms with E-state index >= 15 is 0 Å². The first-order chi connectivity index (χ1) is 18.6. The lowest BCUT2D eigenvalue weighted by Gasteiger charge is -2.38. The standard InChI is InChI=1S/C32H45N3O4/c1-22(2)35-20-25-18-24(10-13-28(25)38-16-8-6-7-15-33-31(37)21-35)11-14-30(36)34-27-19-32(4,5)39-29-17-23(3)9-12-26(27)29/h9-10,12-13,17-18,22,27H,6-8,11,14-16,19-21H2,1-5H3,(H,33,37)(H,34,36). The van der Waals surface area contributed by atoms with Gasteiger partial charge in [0.05, 0.1) is 19.2 Å². The van der Waals surface area contributed by atoms with Crippen LogP contribution in [-0.2, 0) is 22.6 Å². The number of amides is 2. The van der Waals surface area contributed by atoms with E-state index in [0.717, 1.165) is 59.4 Å². The van der Waals surface area contributed by atoms with Gasteiger partial charge in [-0.1, -0.05) is 24.3 Å². The molecule has 212 valence electrons. The molecule has 2 aliphatic rings. The quantitative estimate of drug-likeness (QED) is 0.548. The molecule has 2 aromatic rings. The van der Waals surface area contributed by atoms with Gasteiger partial charge in [-0.05, 0) is 83.6 Å². The summed E-state index contributed by atoms with van der Waals surface area (Å²) in [7, 11) is 0. The SMILES string of the molecule is Cc1ccc2c(c1)OC(C)(C)CC2NC(=O)CCc1ccc2c(c1)CN(C(C)C)CC(=O)NCCCCCO2. The molecule has 0 saturated heterocycles. The van der Waals surface area contributed by atoms with Crippen molar-refractivity contribution in [2.45, 2.75) is 97.4 Å². The first-order valence-electron chi connectivity index (χ1n) is 14.4. The Bertz CT molecular complexity index is 1160. The number of ether oxygens (including phenoxy) is 2. The summed E-state index contributed by atoms with van der Waals surface area (Å²) in [5.74, 6) is 1.82. The van der Waals surface area contributed by atoms with Gasteiger partial charge in [-0.2, -0.15) is 0 Å². The van der Waals surface area contributed by atoms with Gasteiger partial charge in [0, 0.05) is 43.1 Å². The van der Waals surface area contributed by atoms with Crippen molar-refractivity contribution < 1.29 is 19.1 Å². The van der Waals surface area contributed by atoms with Gasteiger partial charge in [-0.15, -0.1) is 0 Å². The van der Waals surface area contributed by atoms with E-state index in [1.807, 2.05) is 6.07 Å². The molecule has 0 aromatic heterocycles. The third-order valence-corrected chi connectivity index (χ3v) is 7.58. The molecule has 39 heavy (non-hydrogen) atoms. The first kappa shape index (κ1) is 28.9. The fourth-order valence-electron chi connectivity index (χ4n) is 5.36. The van der Waals surface area contributed by atoms with Crippen LogP contribution in [0.15, 0.2) is 36.4 Å². The van der Waals surface area contributed by atoms with Gasteiger partial charge < -0.3 is 20.1 Å². The Kier molecular flexibility index (Phi) is 9.54. The Hall–Kier alpha value is -3.06. The number of carbonyl (C=O) groups is 2. The van der Waals surface area contributed by atoms with Gasteiger partial charge in [0.25, 0.3) is 0 Å². The normalized spacial score (nSPS) is 20.2. The fraction of sp³-hybridized carbons (Fsp3) is 0.562. The van der Waals surface area contributed by atoms with Crippen LogP contribution in [0.3, 0.4) is 0 Å². The van der Waals surface area contributed by atoms with Crippen LogP contribution < -0.4 is 20.1 Å². The molecule has 2 N–H and O–H groups in total. The van der Waals surface area contributed by atoms with Crippen molar-refractivity contribution >= 4 is 11.8 Å². The molecular weight excluding hydrogens is 490 g/mol. The number of benzene rings is 2. The molecular formula is C32H45N3O4. The van der Waals surface area contributed by atoms with Crippen LogP contribution in [0.5, 0.6) is 11.5 Å². The van der Waals surface area contributed by atoms with E-state index in [2.05, 4.69) is 80.5 Å². The highest BCUT2D eigenvalue weighted by Gasteiger charge is 2.34. The molecule has 2 aromatic carbocycles. The average molecular weight is 536 g/mol. The second-order valence-electron chi connectivity index (χ2n) is 11.9. The first-order valence-corrected chi connectivity index (χ1v) is 14.4. The van der Waals surface area contributed by atoms with Gasteiger partial charge in [0.15, 0.2) is 0 Å². The minimum absolute atomic E-state index is 0.0324. The van der Waals surface area contributed by atoms with Gasteiger partial charge in [0.2, 0.25) is 11.8 Å². The van der Waals surface area contributed by atoms with E-state index in [4.69, 9.17) is 9.47 Å². The minimum atomic E-state index is -0.345. The largest absolute Gasteiger partial charge is 0.493 e. The smallest absolute Gasteiger partial charge is 0.234 e. The third-order valence-electron chi connectivity index (χ3n) is 7.58. The Morgan fingerprint density at radius 2 is 1.92 bits per heavy atom. The second kappa shape index (κ2) is 12.9. The van der Waals surface area contributed by atoms with Gasteiger partial charge in [-0.25, -0.2) is 0 Å². The maximum atomic E-state index is 13.1. The van der Waals surface area contributed by atoms with Crippen LogP contribution in [-0.4, -0.2) is 48.1 Å². The van der Waals surface area contributed by atoms with Crippen molar-refractivity contribution in [3.63, 3.8) is 0 Å².